The Morgan fingerprint density at radius 1 is 0.929 bits per heavy atom. The van der Waals surface area contributed by atoms with Gasteiger partial charge in [-0.3, -0.25) is 14.7 Å². The summed E-state index contributed by atoms with van der Waals surface area (Å²) in [6.45, 7) is 7.39. The summed E-state index contributed by atoms with van der Waals surface area (Å²) in [5.74, 6) is -4.47. The average molecular weight is 611 g/mol. The van der Waals surface area contributed by atoms with Gasteiger partial charge in [0.05, 0.1) is 5.41 Å². The number of hydrogen-bond donors (Lipinski definition) is 2. The Kier molecular flexibility index (Phi) is 10.5. The van der Waals surface area contributed by atoms with Crippen LogP contribution in [0.3, 0.4) is 0 Å². The van der Waals surface area contributed by atoms with Gasteiger partial charge in [-0.2, -0.15) is 26.3 Å². The lowest BCUT2D eigenvalue weighted by atomic mass is 9.65. The highest BCUT2D eigenvalue weighted by Gasteiger charge is 2.64. The first-order valence-corrected chi connectivity index (χ1v) is 13.7. The summed E-state index contributed by atoms with van der Waals surface area (Å²) in [5.41, 5.74) is 1.60. The number of pyridine rings is 1. The highest BCUT2D eigenvalue weighted by molar-refractivity contribution is 5.84. The van der Waals surface area contributed by atoms with Gasteiger partial charge in [0.25, 0.3) is 0 Å². The van der Waals surface area contributed by atoms with Crippen LogP contribution in [0.1, 0.15) is 44.1 Å². The first-order chi connectivity index (χ1) is 19.5. The molecule has 9 nitrogen and oxygen atoms in total. The molecule has 236 valence electrons. The van der Waals surface area contributed by atoms with E-state index in [2.05, 4.69) is 32.8 Å². The van der Waals surface area contributed by atoms with Crippen LogP contribution in [0.4, 0.5) is 26.3 Å². The number of carbonyl (C=O) groups is 3. The normalized spacial score (nSPS) is 25.7. The number of hydrogen-bond acceptors (Lipinski definition) is 6. The molecule has 3 aliphatic heterocycles. The molecular formula is C27H36F6N4O5. The van der Waals surface area contributed by atoms with Gasteiger partial charge in [0, 0.05) is 45.1 Å². The van der Waals surface area contributed by atoms with E-state index in [1.165, 1.54) is 37.7 Å². The van der Waals surface area contributed by atoms with Crippen molar-refractivity contribution < 1.29 is 50.9 Å². The molecule has 2 atom stereocenters. The molecule has 1 aromatic rings. The maximum atomic E-state index is 13.6. The summed E-state index contributed by atoms with van der Waals surface area (Å²) >= 11 is 0. The molecule has 0 aromatic carbocycles. The van der Waals surface area contributed by atoms with Crippen molar-refractivity contribution in [3.8, 4) is 0 Å². The van der Waals surface area contributed by atoms with E-state index >= 15 is 0 Å². The second kappa shape index (κ2) is 13.1. The maximum Gasteiger partial charge on any atom is 0.490 e. The standard InChI is InChI=1S/C23H34N4O.2C2HF3O2/c1-25-17-20-22(6-7-23(20,18-25)21(28)27-11-2-3-12-27)8-13-26(14-9-22)16-19-5-4-10-24-15-19;2*3-2(4,5)1(6)7/h4-5,10,15,20H,2-3,6-9,11-14,16-18H2,1H3;2*(H,6,7)/t20-,23+;;/m0../s1. The third-order valence-electron chi connectivity index (χ3n) is 8.81. The third-order valence-corrected chi connectivity index (χ3v) is 8.81. The average Bonchev–Trinajstić information content (AvgIpc) is 3.63. The van der Waals surface area contributed by atoms with Gasteiger partial charge in [-0.15, -0.1) is 0 Å². The number of fused-ring (bicyclic) bond motifs is 2. The zero-order chi connectivity index (χ0) is 31.3. The summed E-state index contributed by atoms with van der Waals surface area (Å²) in [4.78, 5) is 42.9. The monoisotopic (exact) mass is 610 g/mol. The van der Waals surface area contributed by atoms with Crippen molar-refractivity contribution in [2.75, 3.05) is 46.3 Å². The van der Waals surface area contributed by atoms with Gasteiger partial charge >= 0.3 is 24.3 Å². The molecule has 1 saturated carbocycles. The van der Waals surface area contributed by atoms with Crippen molar-refractivity contribution in [2.24, 2.45) is 16.7 Å². The number of carboxylic acid groups (broad SMARTS) is 2. The van der Waals surface area contributed by atoms with Gasteiger partial charge in [0.15, 0.2) is 0 Å². The van der Waals surface area contributed by atoms with Gasteiger partial charge in [-0.25, -0.2) is 9.59 Å². The minimum absolute atomic E-state index is 0.0926. The Bertz CT molecular complexity index is 1060. The van der Waals surface area contributed by atoms with E-state index in [1.807, 2.05) is 18.5 Å². The van der Waals surface area contributed by atoms with Crippen molar-refractivity contribution in [1.29, 1.82) is 0 Å². The molecule has 1 spiro atoms. The van der Waals surface area contributed by atoms with E-state index in [-0.39, 0.29) is 5.41 Å². The number of carbonyl (C=O) groups excluding carboxylic acids is 1. The van der Waals surface area contributed by atoms with Crippen molar-refractivity contribution in [3.05, 3.63) is 30.1 Å². The number of aliphatic carboxylic acids is 2. The Hall–Kier alpha value is -2.94. The number of aromatic nitrogens is 1. The molecule has 4 heterocycles. The number of amides is 1. The molecule has 1 aromatic heterocycles. The fraction of sp³-hybridized carbons (Fsp3) is 0.704. The number of rotatable bonds is 3. The minimum Gasteiger partial charge on any atom is -0.475 e. The predicted molar refractivity (Wildman–Crippen MR) is 137 cm³/mol. The minimum atomic E-state index is -5.08. The van der Waals surface area contributed by atoms with Crippen LogP contribution in [0.15, 0.2) is 24.5 Å². The van der Waals surface area contributed by atoms with Crippen LogP contribution < -0.4 is 0 Å². The van der Waals surface area contributed by atoms with Crippen LogP contribution >= 0.6 is 0 Å². The molecule has 2 N–H and O–H groups in total. The van der Waals surface area contributed by atoms with Gasteiger partial charge in [-0.05, 0) is 81.6 Å². The number of piperidine rings is 1. The first kappa shape index (κ1) is 33.6. The SMILES string of the molecule is CN1C[C@H]2C3(CCN(Cc4cccnc4)CC3)CC[C@@]2(C(=O)N2CCCC2)C1.O=C(O)C(F)(F)F.O=C(O)C(F)(F)F. The van der Waals surface area contributed by atoms with Crippen LogP contribution in [-0.4, -0.2) is 106 Å². The number of likely N-dealkylation sites (tertiary alicyclic amines) is 3. The Labute approximate surface area is 239 Å². The van der Waals surface area contributed by atoms with Crippen LogP contribution in [-0.2, 0) is 20.9 Å². The van der Waals surface area contributed by atoms with Crippen LogP contribution in [0.25, 0.3) is 0 Å². The number of nitrogens with zero attached hydrogens (tertiary/aromatic N) is 4. The van der Waals surface area contributed by atoms with Crippen molar-refractivity contribution in [3.63, 3.8) is 0 Å². The van der Waals surface area contributed by atoms with Gasteiger partial charge in [0.1, 0.15) is 0 Å². The molecule has 0 unspecified atom stereocenters. The smallest absolute Gasteiger partial charge is 0.475 e. The van der Waals surface area contributed by atoms with E-state index in [1.54, 1.807) is 0 Å². The van der Waals surface area contributed by atoms with E-state index in [9.17, 15) is 31.1 Å². The van der Waals surface area contributed by atoms with Crippen LogP contribution in [0, 0.1) is 16.7 Å². The fourth-order valence-corrected chi connectivity index (χ4v) is 6.89. The molecular weight excluding hydrogens is 574 g/mol. The Balaban J connectivity index is 0.000000289. The van der Waals surface area contributed by atoms with E-state index in [0.29, 0.717) is 17.2 Å². The molecule has 42 heavy (non-hydrogen) atoms. The second-order valence-electron chi connectivity index (χ2n) is 11.5. The molecule has 4 aliphatic rings. The number of alkyl halides is 6. The number of halogens is 6. The summed E-state index contributed by atoms with van der Waals surface area (Å²) < 4.78 is 63.5. The number of carboxylic acids is 2. The first-order valence-electron chi connectivity index (χ1n) is 13.7. The van der Waals surface area contributed by atoms with Crippen LogP contribution in [0.5, 0.6) is 0 Å². The van der Waals surface area contributed by atoms with Crippen LogP contribution in [0.2, 0.25) is 0 Å². The molecule has 0 radical (unpaired) electrons. The van der Waals surface area contributed by atoms with E-state index < -0.39 is 24.3 Å². The summed E-state index contributed by atoms with van der Waals surface area (Å²) in [6.07, 6.45) is 0.924. The Morgan fingerprint density at radius 2 is 1.48 bits per heavy atom. The molecule has 1 amide bonds. The lowest BCUT2D eigenvalue weighted by molar-refractivity contribution is -0.193. The third kappa shape index (κ3) is 7.91. The van der Waals surface area contributed by atoms with Crippen molar-refractivity contribution in [2.45, 2.75) is 57.4 Å². The zero-order valence-corrected chi connectivity index (χ0v) is 23.3. The summed E-state index contributed by atoms with van der Waals surface area (Å²) in [5, 5.41) is 14.2. The fourth-order valence-electron chi connectivity index (χ4n) is 6.89. The predicted octanol–water partition coefficient (Wildman–Crippen LogP) is 3.89. The molecule has 5 rings (SSSR count). The van der Waals surface area contributed by atoms with Gasteiger partial charge in [0.2, 0.25) is 5.91 Å². The summed E-state index contributed by atoms with van der Waals surface area (Å²) in [6, 6.07) is 4.21. The van der Waals surface area contributed by atoms with E-state index in [4.69, 9.17) is 19.8 Å². The van der Waals surface area contributed by atoms with Crippen molar-refractivity contribution in [1.82, 2.24) is 19.7 Å². The molecule has 15 heteroatoms. The lowest BCUT2D eigenvalue weighted by Gasteiger charge is -2.45. The second-order valence-corrected chi connectivity index (χ2v) is 11.5. The highest BCUT2D eigenvalue weighted by Crippen LogP contribution is 2.62. The topological polar surface area (TPSA) is 114 Å². The van der Waals surface area contributed by atoms with Crippen molar-refractivity contribution >= 4 is 17.8 Å². The molecule has 4 fully saturated rings. The molecule has 0 bridgehead atoms. The Morgan fingerprint density at radius 3 is 1.95 bits per heavy atom. The van der Waals surface area contributed by atoms with Gasteiger partial charge in [-0.1, -0.05) is 6.07 Å². The highest BCUT2D eigenvalue weighted by atomic mass is 19.4. The molecule has 3 saturated heterocycles. The maximum absolute atomic E-state index is 13.6. The largest absolute Gasteiger partial charge is 0.490 e. The molecule has 1 aliphatic carbocycles. The summed E-state index contributed by atoms with van der Waals surface area (Å²) in [7, 11) is 2.22. The zero-order valence-electron chi connectivity index (χ0n) is 23.3. The van der Waals surface area contributed by atoms with Gasteiger partial charge < -0.3 is 20.0 Å². The van der Waals surface area contributed by atoms with E-state index in [0.717, 1.165) is 52.2 Å². The lowest BCUT2D eigenvalue weighted by Crippen LogP contribution is -2.49. The quantitative estimate of drug-likeness (QED) is 0.496.